The Hall–Kier alpha value is -3.32. The zero-order valence-corrected chi connectivity index (χ0v) is 15.6. The molecular formula is C21H21NO6. The van der Waals surface area contributed by atoms with Crippen LogP contribution in [0, 0.1) is 0 Å². The number of aliphatic hydroxyl groups is 1. The van der Waals surface area contributed by atoms with Gasteiger partial charge in [-0.05, 0) is 17.7 Å². The van der Waals surface area contributed by atoms with E-state index in [-0.39, 0.29) is 36.0 Å². The smallest absolute Gasteiger partial charge is 0.295 e. The Bertz CT molecular complexity index is 922. The fourth-order valence-electron chi connectivity index (χ4n) is 3.26. The molecule has 1 fully saturated rings. The van der Waals surface area contributed by atoms with Gasteiger partial charge in [0.25, 0.3) is 11.7 Å². The number of nitrogens with zero attached hydrogens (tertiary/aromatic N) is 1. The summed E-state index contributed by atoms with van der Waals surface area (Å²) in [5, 5.41) is 20.7. The Labute approximate surface area is 162 Å². The molecule has 1 atom stereocenters. The van der Waals surface area contributed by atoms with E-state index < -0.39 is 17.7 Å². The maximum atomic E-state index is 12.8. The van der Waals surface area contributed by atoms with Crippen molar-refractivity contribution in [2.75, 3.05) is 27.4 Å². The van der Waals surface area contributed by atoms with Gasteiger partial charge in [0.05, 0.1) is 25.3 Å². The van der Waals surface area contributed by atoms with E-state index in [1.807, 2.05) is 0 Å². The van der Waals surface area contributed by atoms with Gasteiger partial charge in [0.1, 0.15) is 5.76 Å². The van der Waals surface area contributed by atoms with Crippen LogP contribution in [-0.2, 0) is 14.3 Å². The minimum atomic E-state index is -0.829. The first-order valence-electron chi connectivity index (χ1n) is 8.69. The second-order valence-corrected chi connectivity index (χ2v) is 6.28. The lowest BCUT2D eigenvalue weighted by molar-refractivity contribution is -0.140. The van der Waals surface area contributed by atoms with Crippen LogP contribution in [0.15, 0.2) is 54.1 Å². The first kappa shape index (κ1) is 19.4. The van der Waals surface area contributed by atoms with Crippen LogP contribution in [0.4, 0.5) is 0 Å². The van der Waals surface area contributed by atoms with Gasteiger partial charge in [0.2, 0.25) is 0 Å². The van der Waals surface area contributed by atoms with Crippen molar-refractivity contribution in [1.82, 2.24) is 4.90 Å². The molecule has 1 unspecified atom stereocenters. The lowest BCUT2D eigenvalue weighted by Gasteiger charge is -2.25. The molecule has 0 bridgehead atoms. The van der Waals surface area contributed by atoms with E-state index in [9.17, 15) is 19.8 Å². The number of aliphatic hydroxyl groups excluding tert-OH is 1. The average molecular weight is 383 g/mol. The van der Waals surface area contributed by atoms with Crippen molar-refractivity contribution in [1.29, 1.82) is 0 Å². The quantitative estimate of drug-likeness (QED) is 0.452. The number of rotatable bonds is 6. The lowest BCUT2D eigenvalue weighted by Crippen LogP contribution is -2.32. The van der Waals surface area contributed by atoms with Gasteiger partial charge in [-0.1, -0.05) is 36.4 Å². The Morgan fingerprint density at radius 1 is 1.11 bits per heavy atom. The molecule has 1 saturated heterocycles. The number of carbonyl (C=O) groups is 2. The fourth-order valence-corrected chi connectivity index (χ4v) is 3.26. The minimum absolute atomic E-state index is 0.0138. The zero-order chi connectivity index (χ0) is 20.3. The van der Waals surface area contributed by atoms with Gasteiger partial charge < -0.3 is 24.6 Å². The minimum Gasteiger partial charge on any atom is -0.507 e. The van der Waals surface area contributed by atoms with E-state index in [0.717, 1.165) is 0 Å². The number of hydrogen-bond donors (Lipinski definition) is 2. The number of ketones is 1. The summed E-state index contributed by atoms with van der Waals surface area (Å²) in [4.78, 5) is 26.8. The topological polar surface area (TPSA) is 96.3 Å². The Kier molecular flexibility index (Phi) is 5.65. The summed E-state index contributed by atoms with van der Waals surface area (Å²) in [5.41, 5.74) is 0.950. The Balaban J connectivity index is 2.18. The second kappa shape index (κ2) is 8.14. The molecule has 1 heterocycles. The maximum Gasteiger partial charge on any atom is 0.295 e. The van der Waals surface area contributed by atoms with Crippen molar-refractivity contribution in [3.8, 4) is 11.5 Å². The summed E-state index contributed by atoms with van der Waals surface area (Å²) >= 11 is 0. The number of carbonyl (C=O) groups excluding carboxylic acids is 2. The van der Waals surface area contributed by atoms with Crippen LogP contribution in [0.3, 0.4) is 0 Å². The fraction of sp³-hybridized carbons (Fsp3) is 0.238. The van der Waals surface area contributed by atoms with Gasteiger partial charge in [-0.3, -0.25) is 9.59 Å². The third kappa shape index (κ3) is 3.44. The second-order valence-electron chi connectivity index (χ2n) is 6.28. The zero-order valence-electron chi connectivity index (χ0n) is 15.6. The van der Waals surface area contributed by atoms with Crippen LogP contribution in [0.2, 0.25) is 0 Å². The number of aromatic hydroxyl groups is 1. The van der Waals surface area contributed by atoms with Gasteiger partial charge >= 0.3 is 0 Å². The lowest BCUT2D eigenvalue weighted by atomic mass is 9.95. The normalized spacial score (nSPS) is 18.5. The molecule has 1 amide bonds. The first-order valence-corrected chi connectivity index (χ1v) is 8.69. The molecule has 28 heavy (non-hydrogen) atoms. The molecule has 7 nitrogen and oxygen atoms in total. The third-order valence-corrected chi connectivity index (χ3v) is 4.64. The van der Waals surface area contributed by atoms with Gasteiger partial charge in [-0.2, -0.15) is 0 Å². The largest absolute Gasteiger partial charge is 0.507 e. The number of methoxy groups -OCH3 is 2. The molecule has 0 radical (unpaired) electrons. The highest BCUT2D eigenvalue weighted by Gasteiger charge is 2.46. The van der Waals surface area contributed by atoms with Crippen LogP contribution in [0.5, 0.6) is 11.5 Å². The van der Waals surface area contributed by atoms with Crippen LogP contribution in [0.25, 0.3) is 5.76 Å². The highest BCUT2D eigenvalue weighted by molar-refractivity contribution is 6.46. The molecule has 3 rings (SSSR count). The van der Waals surface area contributed by atoms with E-state index in [2.05, 4.69) is 0 Å². The van der Waals surface area contributed by atoms with Crippen molar-refractivity contribution in [3.63, 3.8) is 0 Å². The molecule has 2 aromatic carbocycles. The van der Waals surface area contributed by atoms with E-state index in [4.69, 9.17) is 9.47 Å². The molecule has 1 aliphatic heterocycles. The van der Waals surface area contributed by atoms with Crippen LogP contribution >= 0.6 is 0 Å². The molecule has 0 saturated carbocycles. The molecule has 0 aliphatic carbocycles. The van der Waals surface area contributed by atoms with E-state index in [1.165, 1.54) is 25.2 Å². The highest BCUT2D eigenvalue weighted by atomic mass is 16.5. The Morgan fingerprint density at radius 2 is 1.82 bits per heavy atom. The highest BCUT2D eigenvalue weighted by Crippen LogP contribution is 2.41. The number of phenolic OH excluding ortho intramolecular Hbond substituents is 1. The summed E-state index contributed by atoms with van der Waals surface area (Å²) < 4.78 is 10.2. The predicted molar refractivity (Wildman–Crippen MR) is 102 cm³/mol. The number of hydrogen-bond acceptors (Lipinski definition) is 6. The van der Waals surface area contributed by atoms with Gasteiger partial charge in [0.15, 0.2) is 11.5 Å². The van der Waals surface area contributed by atoms with Crippen LogP contribution < -0.4 is 4.74 Å². The van der Waals surface area contributed by atoms with Gasteiger partial charge in [-0.15, -0.1) is 0 Å². The first-order chi connectivity index (χ1) is 13.5. The SMILES string of the molecule is COCCN1C(=O)C(=O)C(=C(O)c2ccccc2)C1c1ccc(O)c(OC)c1. The molecule has 0 spiro atoms. The molecule has 7 heteroatoms. The maximum absolute atomic E-state index is 12.8. The summed E-state index contributed by atoms with van der Waals surface area (Å²) in [6, 6.07) is 12.3. The van der Waals surface area contributed by atoms with Gasteiger partial charge in [0, 0.05) is 19.2 Å². The number of benzene rings is 2. The van der Waals surface area contributed by atoms with Gasteiger partial charge in [-0.25, -0.2) is 0 Å². The molecule has 146 valence electrons. The molecular weight excluding hydrogens is 362 g/mol. The number of likely N-dealkylation sites (tertiary alicyclic amines) is 1. The monoisotopic (exact) mass is 383 g/mol. The molecule has 1 aliphatic rings. The standard InChI is InChI=1S/C21H21NO6/c1-27-11-10-22-18(14-8-9-15(23)16(12-14)28-2)17(20(25)21(22)26)19(24)13-6-4-3-5-7-13/h3-9,12,18,23-24H,10-11H2,1-2H3. The van der Waals surface area contributed by atoms with Crippen molar-refractivity contribution in [3.05, 3.63) is 65.2 Å². The van der Waals surface area contributed by atoms with Crippen LogP contribution in [0.1, 0.15) is 17.2 Å². The number of amides is 1. The van der Waals surface area contributed by atoms with Crippen molar-refractivity contribution in [2.24, 2.45) is 0 Å². The number of phenols is 1. The third-order valence-electron chi connectivity index (χ3n) is 4.64. The number of ether oxygens (including phenoxy) is 2. The van der Waals surface area contributed by atoms with E-state index in [1.54, 1.807) is 42.5 Å². The summed E-state index contributed by atoms with van der Waals surface area (Å²) in [6.45, 7) is 0.393. The van der Waals surface area contributed by atoms with Crippen molar-refractivity contribution in [2.45, 2.75) is 6.04 Å². The average Bonchev–Trinajstić information content (AvgIpc) is 2.97. The molecule has 2 N–H and O–H groups in total. The van der Waals surface area contributed by atoms with Crippen LogP contribution in [-0.4, -0.2) is 54.2 Å². The van der Waals surface area contributed by atoms with Crippen molar-refractivity contribution >= 4 is 17.4 Å². The summed E-state index contributed by atoms with van der Waals surface area (Å²) in [7, 11) is 2.91. The van der Waals surface area contributed by atoms with Crippen molar-refractivity contribution < 1.29 is 29.3 Å². The molecule has 2 aromatic rings. The molecule has 0 aromatic heterocycles. The van der Waals surface area contributed by atoms with E-state index in [0.29, 0.717) is 11.1 Å². The summed E-state index contributed by atoms with van der Waals surface area (Å²) in [5.74, 6) is -1.60. The summed E-state index contributed by atoms with van der Waals surface area (Å²) in [6.07, 6.45) is 0. The number of Topliss-reactive ketones (excluding diaryl/α,β-unsaturated/α-hetero) is 1. The van der Waals surface area contributed by atoms with E-state index >= 15 is 0 Å². The Morgan fingerprint density at radius 3 is 2.46 bits per heavy atom. The predicted octanol–water partition coefficient (Wildman–Crippen LogP) is 2.47.